The average Bonchev–Trinajstić information content (AvgIpc) is 2.71. The third-order valence-corrected chi connectivity index (χ3v) is 2.96. The second-order valence-electron chi connectivity index (χ2n) is 4.32. The monoisotopic (exact) mass is 208 g/mol. The van der Waals surface area contributed by atoms with Crippen LogP contribution in [0.4, 0.5) is 0 Å². The molecule has 1 aromatic rings. The van der Waals surface area contributed by atoms with Gasteiger partial charge in [0.1, 0.15) is 0 Å². The minimum atomic E-state index is 0.666. The van der Waals surface area contributed by atoms with Gasteiger partial charge in [0.25, 0.3) is 0 Å². The highest BCUT2D eigenvalue weighted by Crippen LogP contribution is 2.07. The first-order valence-corrected chi connectivity index (χ1v) is 5.74. The van der Waals surface area contributed by atoms with Gasteiger partial charge in [0, 0.05) is 31.5 Å². The fraction of sp³-hybridized carbons (Fsp3) is 0.727. The highest BCUT2D eigenvalue weighted by molar-refractivity contribution is 4.79. The molecule has 0 spiro atoms. The summed E-state index contributed by atoms with van der Waals surface area (Å²) in [5, 5.41) is 7.77. The third kappa shape index (κ3) is 3.32. The Morgan fingerprint density at radius 2 is 2.47 bits per heavy atom. The van der Waals surface area contributed by atoms with Crippen molar-refractivity contribution in [2.45, 2.75) is 25.4 Å². The lowest BCUT2D eigenvalue weighted by Gasteiger charge is -2.30. The number of likely N-dealkylation sites (tertiary alicyclic amines) is 1. The Labute approximate surface area is 91.3 Å². The van der Waals surface area contributed by atoms with Crippen molar-refractivity contribution < 1.29 is 0 Å². The van der Waals surface area contributed by atoms with Crippen molar-refractivity contribution in [3.8, 4) is 0 Å². The number of nitrogens with zero attached hydrogens (tertiary/aromatic N) is 3. The molecule has 0 aromatic carbocycles. The van der Waals surface area contributed by atoms with Crippen LogP contribution in [0.3, 0.4) is 0 Å². The van der Waals surface area contributed by atoms with E-state index < -0.39 is 0 Å². The highest BCUT2D eigenvalue weighted by Gasteiger charge is 2.15. The quantitative estimate of drug-likeness (QED) is 0.785. The predicted molar refractivity (Wildman–Crippen MR) is 60.7 cm³/mol. The number of aromatic nitrogens is 2. The van der Waals surface area contributed by atoms with Crippen LogP contribution in [0.5, 0.6) is 0 Å². The maximum Gasteiger partial charge on any atom is 0.0534 e. The van der Waals surface area contributed by atoms with Crippen molar-refractivity contribution in [1.82, 2.24) is 20.0 Å². The number of nitrogens with one attached hydrogen (secondary N) is 1. The largest absolute Gasteiger partial charge is 0.311 e. The Hall–Kier alpha value is -0.870. The van der Waals surface area contributed by atoms with Gasteiger partial charge >= 0.3 is 0 Å². The van der Waals surface area contributed by atoms with Crippen molar-refractivity contribution >= 4 is 0 Å². The predicted octanol–water partition coefficient (Wildman–Crippen LogP) is 0.567. The van der Waals surface area contributed by atoms with Crippen LogP contribution < -0.4 is 5.32 Å². The van der Waals surface area contributed by atoms with Crippen molar-refractivity contribution in [3.05, 3.63) is 18.5 Å². The molecule has 1 aromatic heterocycles. The van der Waals surface area contributed by atoms with Gasteiger partial charge in [-0.3, -0.25) is 4.68 Å². The summed E-state index contributed by atoms with van der Waals surface area (Å²) in [6.07, 6.45) is 6.46. The van der Waals surface area contributed by atoms with Gasteiger partial charge in [-0.25, -0.2) is 0 Å². The molecular formula is C11H20N4. The van der Waals surface area contributed by atoms with Gasteiger partial charge in [0.05, 0.1) is 6.54 Å². The molecule has 4 heteroatoms. The minimum Gasteiger partial charge on any atom is -0.311 e. The molecule has 1 aliphatic heterocycles. The molecule has 1 unspecified atom stereocenters. The second kappa shape index (κ2) is 5.28. The van der Waals surface area contributed by atoms with Crippen molar-refractivity contribution in [1.29, 1.82) is 0 Å². The zero-order chi connectivity index (χ0) is 10.5. The zero-order valence-electron chi connectivity index (χ0n) is 9.39. The van der Waals surface area contributed by atoms with E-state index >= 15 is 0 Å². The molecule has 1 fully saturated rings. The van der Waals surface area contributed by atoms with Crippen LogP contribution in [0.2, 0.25) is 0 Å². The van der Waals surface area contributed by atoms with E-state index in [0.29, 0.717) is 6.04 Å². The van der Waals surface area contributed by atoms with Crippen LogP contribution in [-0.4, -0.2) is 47.4 Å². The molecule has 0 amide bonds. The summed E-state index contributed by atoms with van der Waals surface area (Å²) in [5.74, 6) is 0. The van der Waals surface area contributed by atoms with Crippen LogP contribution in [0.15, 0.2) is 18.5 Å². The molecule has 0 radical (unpaired) electrons. The van der Waals surface area contributed by atoms with Gasteiger partial charge in [0.15, 0.2) is 0 Å². The number of rotatable bonds is 4. The Balaban J connectivity index is 1.65. The molecule has 0 bridgehead atoms. The maximum absolute atomic E-state index is 4.18. The molecule has 1 aliphatic rings. The fourth-order valence-corrected chi connectivity index (χ4v) is 2.15. The van der Waals surface area contributed by atoms with Gasteiger partial charge in [-0.2, -0.15) is 5.10 Å². The molecule has 1 saturated heterocycles. The summed E-state index contributed by atoms with van der Waals surface area (Å²) in [6.45, 7) is 4.41. The third-order valence-electron chi connectivity index (χ3n) is 2.96. The average molecular weight is 208 g/mol. The Morgan fingerprint density at radius 3 is 3.20 bits per heavy atom. The molecule has 4 nitrogen and oxygen atoms in total. The van der Waals surface area contributed by atoms with E-state index in [9.17, 15) is 0 Å². The van der Waals surface area contributed by atoms with E-state index in [4.69, 9.17) is 0 Å². The maximum atomic E-state index is 4.18. The zero-order valence-corrected chi connectivity index (χ0v) is 9.39. The van der Waals surface area contributed by atoms with Gasteiger partial charge in [-0.1, -0.05) is 0 Å². The van der Waals surface area contributed by atoms with Crippen molar-refractivity contribution in [2.75, 3.05) is 26.7 Å². The lowest BCUT2D eigenvalue weighted by Crippen LogP contribution is -2.44. The van der Waals surface area contributed by atoms with E-state index in [-0.39, 0.29) is 0 Å². The van der Waals surface area contributed by atoms with Crippen molar-refractivity contribution in [3.63, 3.8) is 0 Å². The first-order valence-electron chi connectivity index (χ1n) is 5.74. The van der Waals surface area contributed by atoms with Crippen LogP contribution in [-0.2, 0) is 6.54 Å². The standard InChI is InChI=1S/C11H20N4/c1-14-7-2-4-11(10-14)12-6-9-15-8-3-5-13-15/h3,5,8,11-12H,2,4,6-7,9-10H2,1H3. The molecule has 15 heavy (non-hydrogen) atoms. The van der Waals surface area contributed by atoms with Gasteiger partial charge in [0.2, 0.25) is 0 Å². The summed E-state index contributed by atoms with van der Waals surface area (Å²) in [6, 6.07) is 2.63. The molecule has 0 aliphatic carbocycles. The summed E-state index contributed by atoms with van der Waals surface area (Å²) >= 11 is 0. The van der Waals surface area contributed by atoms with Gasteiger partial charge in [-0.15, -0.1) is 0 Å². The van der Waals surface area contributed by atoms with Crippen LogP contribution >= 0.6 is 0 Å². The SMILES string of the molecule is CN1CCCC(NCCn2cccn2)C1. The molecule has 84 valence electrons. The minimum absolute atomic E-state index is 0.666. The van der Waals surface area contributed by atoms with E-state index in [0.717, 1.165) is 13.1 Å². The second-order valence-corrected chi connectivity index (χ2v) is 4.32. The van der Waals surface area contributed by atoms with Crippen LogP contribution in [0.1, 0.15) is 12.8 Å². The molecular weight excluding hydrogens is 188 g/mol. The Kier molecular flexibility index (Phi) is 3.75. The van der Waals surface area contributed by atoms with E-state index in [1.807, 2.05) is 23.1 Å². The van der Waals surface area contributed by atoms with Crippen LogP contribution in [0.25, 0.3) is 0 Å². The normalized spacial score (nSPS) is 23.1. The Morgan fingerprint density at radius 1 is 1.53 bits per heavy atom. The van der Waals surface area contributed by atoms with E-state index in [1.54, 1.807) is 0 Å². The summed E-state index contributed by atoms with van der Waals surface area (Å²) in [4.78, 5) is 2.40. The van der Waals surface area contributed by atoms with E-state index in [2.05, 4.69) is 22.4 Å². The topological polar surface area (TPSA) is 33.1 Å². The molecule has 1 atom stereocenters. The molecule has 2 heterocycles. The number of piperidine rings is 1. The molecule has 0 saturated carbocycles. The summed E-state index contributed by atoms with van der Waals surface area (Å²) in [7, 11) is 2.20. The highest BCUT2D eigenvalue weighted by atomic mass is 15.3. The summed E-state index contributed by atoms with van der Waals surface area (Å²) < 4.78 is 1.97. The van der Waals surface area contributed by atoms with E-state index in [1.165, 1.54) is 25.9 Å². The molecule has 2 rings (SSSR count). The first-order chi connectivity index (χ1) is 7.34. The van der Waals surface area contributed by atoms with Crippen LogP contribution in [0, 0.1) is 0 Å². The number of likely N-dealkylation sites (N-methyl/N-ethyl adjacent to an activating group) is 1. The van der Waals surface area contributed by atoms with Crippen molar-refractivity contribution in [2.24, 2.45) is 0 Å². The lowest BCUT2D eigenvalue weighted by atomic mass is 10.1. The number of hydrogen-bond donors (Lipinski definition) is 1. The summed E-state index contributed by atoms with van der Waals surface area (Å²) in [5.41, 5.74) is 0. The van der Waals surface area contributed by atoms with Gasteiger partial charge in [-0.05, 0) is 32.5 Å². The number of hydrogen-bond acceptors (Lipinski definition) is 3. The van der Waals surface area contributed by atoms with Gasteiger partial charge < -0.3 is 10.2 Å². The fourth-order valence-electron chi connectivity index (χ4n) is 2.15. The molecule has 1 N–H and O–H groups in total. The Bertz CT molecular complexity index is 270. The smallest absolute Gasteiger partial charge is 0.0534 e. The first kappa shape index (κ1) is 10.6. The lowest BCUT2D eigenvalue weighted by molar-refractivity contribution is 0.226.